The van der Waals surface area contributed by atoms with E-state index in [2.05, 4.69) is 16.8 Å². The molecule has 0 bridgehead atoms. The van der Waals surface area contributed by atoms with Crippen LogP contribution in [0.4, 0.5) is 5.82 Å². The topological polar surface area (TPSA) is 70.5 Å². The number of hydrogen-bond acceptors (Lipinski definition) is 4. The van der Waals surface area contributed by atoms with Gasteiger partial charge in [-0.15, -0.1) is 0 Å². The van der Waals surface area contributed by atoms with Crippen LogP contribution in [0.5, 0.6) is 0 Å². The molecular formula is C14H14N2O3. The lowest BCUT2D eigenvalue weighted by atomic mass is 9.92. The van der Waals surface area contributed by atoms with E-state index in [0.717, 1.165) is 4.90 Å². The summed E-state index contributed by atoms with van der Waals surface area (Å²) in [7, 11) is 0. The molecular weight excluding hydrogens is 244 g/mol. The number of rotatable bonds is 1. The van der Waals surface area contributed by atoms with Gasteiger partial charge in [0.25, 0.3) is 0 Å². The highest BCUT2D eigenvalue weighted by atomic mass is 16.2. The van der Waals surface area contributed by atoms with Gasteiger partial charge < -0.3 is 5.11 Å². The highest BCUT2D eigenvalue weighted by Crippen LogP contribution is 2.34. The number of aliphatic hydroxyl groups is 1. The molecule has 0 unspecified atom stereocenters. The first-order chi connectivity index (χ1) is 8.95. The Labute approximate surface area is 111 Å². The van der Waals surface area contributed by atoms with Crippen LogP contribution < -0.4 is 4.90 Å². The zero-order chi connectivity index (χ0) is 14.0. The van der Waals surface area contributed by atoms with E-state index in [1.807, 2.05) is 0 Å². The van der Waals surface area contributed by atoms with Crippen LogP contribution in [0.15, 0.2) is 18.3 Å². The van der Waals surface area contributed by atoms with Gasteiger partial charge in [-0.05, 0) is 12.1 Å². The lowest BCUT2D eigenvalue weighted by Gasteiger charge is -2.16. The van der Waals surface area contributed by atoms with Gasteiger partial charge in [0, 0.05) is 18.2 Å². The lowest BCUT2D eigenvalue weighted by Crippen LogP contribution is -2.33. The quantitative estimate of drug-likeness (QED) is 0.595. The van der Waals surface area contributed by atoms with Gasteiger partial charge in [-0.25, -0.2) is 9.88 Å². The first kappa shape index (κ1) is 13.2. The fourth-order valence-electron chi connectivity index (χ4n) is 1.94. The Morgan fingerprint density at radius 1 is 1.47 bits per heavy atom. The van der Waals surface area contributed by atoms with Crippen LogP contribution in [-0.2, 0) is 9.59 Å². The van der Waals surface area contributed by atoms with Gasteiger partial charge in [0.2, 0.25) is 11.8 Å². The number of nitrogens with zero attached hydrogens (tertiary/aromatic N) is 2. The minimum atomic E-state index is -0.689. The Balaban J connectivity index is 2.37. The highest BCUT2D eigenvalue weighted by Gasteiger charge is 2.46. The third kappa shape index (κ3) is 2.49. The van der Waals surface area contributed by atoms with Gasteiger partial charge in [0.15, 0.2) is 0 Å². The summed E-state index contributed by atoms with van der Waals surface area (Å²) in [6.07, 6.45) is 1.67. The van der Waals surface area contributed by atoms with Gasteiger partial charge in [-0.1, -0.05) is 25.7 Å². The molecule has 0 atom stereocenters. The maximum absolute atomic E-state index is 12.2. The summed E-state index contributed by atoms with van der Waals surface area (Å²) in [4.78, 5) is 29.2. The van der Waals surface area contributed by atoms with Crippen molar-refractivity contribution < 1.29 is 14.7 Å². The number of carbonyl (C=O) groups is 2. The van der Waals surface area contributed by atoms with Crippen molar-refractivity contribution >= 4 is 17.6 Å². The van der Waals surface area contributed by atoms with Crippen LogP contribution in [0.25, 0.3) is 0 Å². The predicted octanol–water partition coefficient (Wildman–Crippen LogP) is 0.715. The van der Waals surface area contributed by atoms with Crippen LogP contribution in [-0.4, -0.2) is 28.5 Å². The second kappa shape index (κ2) is 4.82. The van der Waals surface area contributed by atoms with Gasteiger partial charge >= 0.3 is 0 Å². The summed E-state index contributed by atoms with van der Waals surface area (Å²) < 4.78 is 0. The summed E-state index contributed by atoms with van der Waals surface area (Å²) in [5.74, 6) is 5.01. The molecule has 0 spiro atoms. The standard InChI is InChI=1S/C14H14N2O3/c1-14(2)9-12(18)16(13(14)19)11-8-10(4-3-7-17)5-6-15-11/h5-6,8,17H,7,9H2,1-2H3. The fraction of sp³-hybridized carbons (Fsp3) is 0.357. The Morgan fingerprint density at radius 3 is 2.79 bits per heavy atom. The molecule has 19 heavy (non-hydrogen) atoms. The number of aliphatic hydroxyl groups excluding tert-OH is 1. The summed E-state index contributed by atoms with van der Waals surface area (Å²) in [6.45, 7) is 3.23. The highest BCUT2D eigenvalue weighted by molar-refractivity contribution is 6.21. The minimum absolute atomic E-state index is 0.181. The van der Waals surface area contributed by atoms with E-state index < -0.39 is 5.41 Å². The second-order valence-corrected chi connectivity index (χ2v) is 4.96. The largest absolute Gasteiger partial charge is 0.384 e. The minimum Gasteiger partial charge on any atom is -0.384 e. The van der Waals surface area contributed by atoms with E-state index >= 15 is 0 Å². The zero-order valence-corrected chi connectivity index (χ0v) is 10.8. The van der Waals surface area contributed by atoms with E-state index in [4.69, 9.17) is 5.11 Å². The Bertz CT molecular complexity index is 596. The summed E-state index contributed by atoms with van der Waals surface area (Å²) in [5, 5.41) is 8.65. The molecule has 0 saturated carbocycles. The van der Waals surface area contributed by atoms with Crippen molar-refractivity contribution in [3.8, 4) is 11.8 Å². The van der Waals surface area contributed by atoms with Crippen LogP contribution >= 0.6 is 0 Å². The summed E-state index contributed by atoms with van der Waals surface area (Å²) >= 11 is 0. The van der Waals surface area contributed by atoms with Crippen molar-refractivity contribution in [3.63, 3.8) is 0 Å². The summed E-state index contributed by atoms with van der Waals surface area (Å²) in [5.41, 5.74) is -0.0877. The molecule has 5 heteroatoms. The van der Waals surface area contributed by atoms with E-state index in [1.54, 1.807) is 26.0 Å². The Kier molecular flexibility index (Phi) is 3.36. The molecule has 1 aromatic heterocycles. The average molecular weight is 258 g/mol. The van der Waals surface area contributed by atoms with Crippen LogP contribution in [0.1, 0.15) is 25.8 Å². The van der Waals surface area contributed by atoms with E-state index in [0.29, 0.717) is 5.56 Å². The summed E-state index contributed by atoms with van der Waals surface area (Å²) in [6, 6.07) is 3.22. The van der Waals surface area contributed by atoms with Crippen molar-refractivity contribution in [2.45, 2.75) is 20.3 Å². The molecule has 0 aliphatic carbocycles. The molecule has 1 N–H and O–H groups in total. The normalized spacial score (nSPS) is 17.3. The number of pyridine rings is 1. The molecule has 1 aliphatic rings. The monoisotopic (exact) mass is 258 g/mol. The lowest BCUT2D eigenvalue weighted by molar-refractivity contribution is -0.124. The first-order valence-corrected chi connectivity index (χ1v) is 5.89. The number of carbonyl (C=O) groups excluding carboxylic acids is 2. The molecule has 1 fully saturated rings. The van der Waals surface area contributed by atoms with Crippen molar-refractivity contribution in [1.29, 1.82) is 0 Å². The smallest absolute Gasteiger partial charge is 0.241 e. The molecule has 2 heterocycles. The van der Waals surface area contributed by atoms with E-state index in [9.17, 15) is 9.59 Å². The Morgan fingerprint density at radius 2 is 2.21 bits per heavy atom. The number of anilines is 1. The van der Waals surface area contributed by atoms with Gasteiger partial charge in [0.1, 0.15) is 12.4 Å². The third-order valence-electron chi connectivity index (χ3n) is 2.91. The SMILES string of the molecule is CC1(C)CC(=O)N(c2cc(C#CCO)ccn2)C1=O. The molecule has 98 valence electrons. The maximum Gasteiger partial charge on any atom is 0.241 e. The van der Waals surface area contributed by atoms with Crippen LogP contribution in [0.3, 0.4) is 0 Å². The van der Waals surface area contributed by atoms with Crippen LogP contribution in [0.2, 0.25) is 0 Å². The molecule has 1 aromatic rings. The number of imide groups is 1. The molecule has 1 saturated heterocycles. The number of amides is 2. The maximum atomic E-state index is 12.2. The number of hydrogen-bond donors (Lipinski definition) is 1. The average Bonchev–Trinajstić information content (AvgIpc) is 2.56. The zero-order valence-electron chi connectivity index (χ0n) is 10.8. The van der Waals surface area contributed by atoms with Gasteiger partial charge in [0.05, 0.1) is 5.41 Å². The third-order valence-corrected chi connectivity index (χ3v) is 2.91. The van der Waals surface area contributed by atoms with Crippen LogP contribution in [0, 0.1) is 17.3 Å². The molecule has 1 aliphatic heterocycles. The van der Waals surface area contributed by atoms with Crippen molar-refractivity contribution in [2.75, 3.05) is 11.5 Å². The molecule has 0 radical (unpaired) electrons. The predicted molar refractivity (Wildman–Crippen MR) is 69.1 cm³/mol. The molecule has 0 aromatic carbocycles. The number of aromatic nitrogens is 1. The van der Waals surface area contributed by atoms with Gasteiger partial charge in [-0.3, -0.25) is 9.59 Å². The van der Waals surface area contributed by atoms with E-state index in [-0.39, 0.29) is 30.7 Å². The van der Waals surface area contributed by atoms with Crippen molar-refractivity contribution in [1.82, 2.24) is 4.98 Å². The fourth-order valence-corrected chi connectivity index (χ4v) is 1.94. The second-order valence-electron chi connectivity index (χ2n) is 4.96. The van der Waals surface area contributed by atoms with Crippen molar-refractivity contribution in [2.24, 2.45) is 5.41 Å². The molecule has 2 rings (SSSR count). The first-order valence-electron chi connectivity index (χ1n) is 5.89. The molecule has 2 amide bonds. The van der Waals surface area contributed by atoms with Crippen molar-refractivity contribution in [3.05, 3.63) is 23.9 Å². The Hall–Kier alpha value is -2.19. The molecule has 5 nitrogen and oxygen atoms in total. The van der Waals surface area contributed by atoms with E-state index in [1.165, 1.54) is 6.20 Å². The van der Waals surface area contributed by atoms with Gasteiger partial charge in [-0.2, -0.15) is 0 Å².